The Kier molecular flexibility index (Phi) is 9.94. The van der Waals surface area contributed by atoms with E-state index in [1.807, 2.05) is 6.07 Å². The number of carbonyl (C=O) groups is 2. The summed E-state index contributed by atoms with van der Waals surface area (Å²) in [5.74, 6) is 5.72. The smallest absolute Gasteiger partial charge is 0.344 e. The zero-order chi connectivity index (χ0) is 21.6. The van der Waals surface area contributed by atoms with E-state index in [0.29, 0.717) is 18.8 Å². The molecule has 6 heteroatoms. The molecule has 0 radical (unpaired) electrons. The van der Waals surface area contributed by atoms with Crippen LogP contribution in [0.2, 0.25) is 0 Å². The number of halogens is 1. The number of benzene rings is 2. The lowest BCUT2D eigenvalue weighted by molar-refractivity contribution is -0.145. The van der Waals surface area contributed by atoms with Crippen molar-refractivity contribution in [1.82, 2.24) is 5.32 Å². The molecule has 2 aromatic carbocycles. The zero-order valence-electron chi connectivity index (χ0n) is 17.1. The van der Waals surface area contributed by atoms with E-state index in [2.05, 4.69) is 17.2 Å². The summed E-state index contributed by atoms with van der Waals surface area (Å²) in [7, 11) is 0. The average Bonchev–Trinajstić information content (AvgIpc) is 2.74. The molecule has 0 atom stereocenters. The van der Waals surface area contributed by atoms with Gasteiger partial charge in [-0.05, 0) is 68.1 Å². The van der Waals surface area contributed by atoms with Crippen molar-refractivity contribution in [2.45, 2.75) is 32.6 Å². The number of aryl methyl sites for hydroxylation is 1. The number of nitrogens with one attached hydrogen (secondary N) is 1. The predicted octanol–water partition coefficient (Wildman–Crippen LogP) is 3.65. The van der Waals surface area contributed by atoms with Crippen LogP contribution in [0.1, 0.15) is 37.3 Å². The summed E-state index contributed by atoms with van der Waals surface area (Å²) in [6, 6.07) is 13.5. The van der Waals surface area contributed by atoms with Crippen molar-refractivity contribution in [2.75, 3.05) is 19.8 Å². The van der Waals surface area contributed by atoms with Gasteiger partial charge in [0.2, 0.25) is 5.91 Å². The van der Waals surface area contributed by atoms with Gasteiger partial charge in [-0.2, -0.15) is 0 Å². The molecule has 30 heavy (non-hydrogen) atoms. The van der Waals surface area contributed by atoms with E-state index in [0.717, 1.165) is 30.4 Å². The number of carbonyl (C=O) groups excluding carboxylic acids is 2. The lowest BCUT2D eigenvalue weighted by Gasteiger charge is -2.05. The van der Waals surface area contributed by atoms with Gasteiger partial charge in [0.25, 0.3) is 0 Å². The highest BCUT2D eigenvalue weighted by atomic mass is 19.1. The molecule has 5 nitrogen and oxygen atoms in total. The minimum atomic E-state index is -0.411. The largest absolute Gasteiger partial charge is 0.482 e. The van der Waals surface area contributed by atoms with E-state index in [1.165, 1.54) is 12.1 Å². The second kappa shape index (κ2) is 13.0. The Morgan fingerprint density at radius 1 is 1.10 bits per heavy atom. The van der Waals surface area contributed by atoms with Gasteiger partial charge >= 0.3 is 5.97 Å². The van der Waals surface area contributed by atoms with Crippen molar-refractivity contribution < 1.29 is 23.5 Å². The number of ether oxygens (including phenoxy) is 2. The fourth-order valence-corrected chi connectivity index (χ4v) is 2.66. The van der Waals surface area contributed by atoms with Crippen LogP contribution in [-0.2, 0) is 20.7 Å². The van der Waals surface area contributed by atoms with E-state index >= 15 is 0 Å². The van der Waals surface area contributed by atoms with Crippen molar-refractivity contribution in [3.05, 3.63) is 65.5 Å². The topological polar surface area (TPSA) is 64.6 Å². The first-order chi connectivity index (χ1) is 14.6. The third kappa shape index (κ3) is 9.24. The Bertz CT molecular complexity index is 884. The molecule has 2 aromatic rings. The van der Waals surface area contributed by atoms with Crippen molar-refractivity contribution in [2.24, 2.45) is 0 Å². The standard InChI is InChI=1S/C24H26FNO4/c1-2-29-24(28)18-30-22-14-12-19(13-15-22)9-6-16-26-23(27)11-4-3-7-20-8-5-10-21(25)17-20/h5,8,10,12-15,17H,2-4,7,11,16,18H2,1H3,(H,26,27). The van der Waals surface area contributed by atoms with E-state index in [4.69, 9.17) is 9.47 Å². The molecule has 0 aromatic heterocycles. The number of rotatable bonds is 10. The molecule has 0 aliphatic carbocycles. The molecule has 158 valence electrons. The maximum Gasteiger partial charge on any atom is 0.344 e. The summed E-state index contributed by atoms with van der Waals surface area (Å²) >= 11 is 0. The number of esters is 1. The van der Waals surface area contributed by atoms with Crippen LogP contribution < -0.4 is 10.1 Å². The van der Waals surface area contributed by atoms with E-state index in [1.54, 1.807) is 37.3 Å². The molecule has 0 bridgehead atoms. The first-order valence-electron chi connectivity index (χ1n) is 9.95. The van der Waals surface area contributed by atoms with Gasteiger partial charge in [-0.3, -0.25) is 4.79 Å². The first kappa shape index (κ1) is 23.0. The van der Waals surface area contributed by atoms with Gasteiger partial charge in [0.05, 0.1) is 13.2 Å². The summed E-state index contributed by atoms with van der Waals surface area (Å²) in [6.45, 7) is 2.20. The molecule has 0 aliphatic heterocycles. The third-order valence-corrected chi connectivity index (χ3v) is 4.13. The van der Waals surface area contributed by atoms with Crippen LogP contribution in [0.4, 0.5) is 4.39 Å². The highest BCUT2D eigenvalue weighted by molar-refractivity contribution is 5.76. The Morgan fingerprint density at radius 2 is 1.90 bits per heavy atom. The van der Waals surface area contributed by atoms with Gasteiger partial charge in [-0.1, -0.05) is 24.0 Å². The predicted molar refractivity (Wildman–Crippen MR) is 112 cm³/mol. The number of unbranched alkanes of at least 4 members (excludes halogenated alkanes) is 1. The van der Waals surface area contributed by atoms with Gasteiger partial charge in [-0.15, -0.1) is 0 Å². The number of amides is 1. The minimum Gasteiger partial charge on any atom is -0.482 e. The molecule has 2 rings (SSSR count). The Labute approximate surface area is 176 Å². The van der Waals surface area contributed by atoms with E-state index in [9.17, 15) is 14.0 Å². The monoisotopic (exact) mass is 411 g/mol. The molecular weight excluding hydrogens is 385 g/mol. The molecule has 0 saturated carbocycles. The molecule has 0 spiro atoms. The quantitative estimate of drug-likeness (QED) is 0.368. The summed E-state index contributed by atoms with van der Waals surface area (Å²) in [5.41, 5.74) is 1.72. The second-order valence-corrected chi connectivity index (χ2v) is 6.53. The van der Waals surface area contributed by atoms with E-state index < -0.39 is 5.97 Å². The zero-order valence-corrected chi connectivity index (χ0v) is 17.1. The maximum atomic E-state index is 13.1. The van der Waals surface area contributed by atoms with Crippen LogP contribution in [-0.4, -0.2) is 31.6 Å². The normalized spacial score (nSPS) is 9.93. The molecule has 0 unspecified atom stereocenters. The van der Waals surface area contributed by atoms with Gasteiger partial charge in [-0.25, -0.2) is 9.18 Å². The summed E-state index contributed by atoms with van der Waals surface area (Å²) in [6.07, 6.45) is 2.74. The highest BCUT2D eigenvalue weighted by Gasteiger charge is 2.03. The van der Waals surface area contributed by atoms with Gasteiger partial charge < -0.3 is 14.8 Å². The first-order valence-corrected chi connectivity index (χ1v) is 9.95. The minimum absolute atomic E-state index is 0.0498. The van der Waals surface area contributed by atoms with Crippen LogP contribution in [0, 0.1) is 17.7 Å². The fourth-order valence-electron chi connectivity index (χ4n) is 2.66. The molecule has 0 heterocycles. The summed E-state index contributed by atoms with van der Waals surface area (Å²) in [5, 5.41) is 2.77. The molecule has 0 aliphatic rings. The van der Waals surface area contributed by atoms with Crippen LogP contribution in [0.25, 0.3) is 0 Å². The Hall–Kier alpha value is -3.33. The Morgan fingerprint density at radius 3 is 2.63 bits per heavy atom. The summed E-state index contributed by atoms with van der Waals surface area (Å²) in [4.78, 5) is 23.1. The third-order valence-electron chi connectivity index (χ3n) is 4.13. The lowest BCUT2D eigenvalue weighted by Crippen LogP contribution is -2.23. The van der Waals surface area contributed by atoms with Gasteiger partial charge in [0, 0.05) is 12.0 Å². The summed E-state index contributed by atoms with van der Waals surface area (Å²) < 4.78 is 23.2. The SMILES string of the molecule is CCOC(=O)COc1ccc(C#CCNC(=O)CCCCc2cccc(F)c2)cc1. The second-order valence-electron chi connectivity index (χ2n) is 6.53. The fraction of sp³-hybridized carbons (Fsp3) is 0.333. The van der Waals surface area contributed by atoms with Gasteiger partial charge in [0.15, 0.2) is 6.61 Å². The van der Waals surface area contributed by atoms with Crippen LogP contribution in [0.3, 0.4) is 0 Å². The number of hydrogen-bond donors (Lipinski definition) is 1. The highest BCUT2D eigenvalue weighted by Crippen LogP contribution is 2.11. The molecule has 0 saturated heterocycles. The van der Waals surface area contributed by atoms with E-state index in [-0.39, 0.29) is 24.9 Å². The van der Waals surface area contributed by atoms with Gasteiger partial charge in [0.1, 0.15) is 11.6 Å². The molecule has 0 fully saturated rings. The van der Waals surface area contributed by atoms with Crippen molar-refractivity contribution in [1.29, 1.82) is 0 Å². The van der Waals surface area contributed by atoms with Crippen molar-refractivity contribution >= 4 is 11.9 Å². The Balaban J connectivity index is 1.61. The average molecular weight is 411 g/mol. The molecular formula is C24H26FNO4. The van der Waals surface area contributed by atoms with Crippen LogP contribution in [0.5, 0.6) is 5.75 Å². The van der Waals surface area contributed by atoms with Crippen molar-refractivity contribution in [3.63, 3.8) is 0 Å². The van der Waals surface area contributed by atoms with Crippen LogP contribution in [0.15, 0.2) is 48.5 Å². The number of hydrogen-bond acceptors (Lipinski definition) is 4. The molecule has 1 N–H and O–H groups in total. The van der Waals surface area contributed by atoms with Crippen molar-refractivity contribution in [3.8, 4) is 17.6 Å². The lowest BCUT2D eigenvalue weighted by atomic mass is 10.1. The maximum absolute atomic E-state index is 13.1. The molecule has 1 amide bonds. The van der Waals surface area contributed by atoms with Crippen LogP contribution >= 0.6 is 0 Å².